The molecular weight excluding hydrogens is 288 g/mol. The van der Waals surface area contributed by atoms with Crippen LogP contribution in [0, 0.1) is 0 Å². The van der Waals surface area contributed by atoms with Gasteiger partial charge in [0.15, 0.2) is 9.84 Å². The van der Waals surface area contributed by atoms with Crippen LogP contribution in [0.2, 0.25) is 0 Å². The van der Waals surface area contributed by atoms with Gasteiger partial charge in [0.1, 0.15) is 0 Å². The largest absolute Gasteiger partial charge is 0.481 e. The Hall–Kier alpha value is -1.36. The number of sulfone groups is 1. The molecule has 1 aliphatic rings. The summed E-state index contributed by atoms with van der Waals surface area (Å²) in [7, 11) is -3.32. The number of aryl methyl sites for hydroxylation is 1. The molecule has 1 atom stereocenters. The first-order valence-corrected chi connectivity index (χ1v) is 8.79. The van der Waals surface area contributed by atoms with Crippen molar-refractivity contribution in [2.24, 2.45) is 0 Å². The van der Waals surface area contributed by atoms with Crippen molar-refractivity contribution in [2.75, 3.05) is 5.75 Å². The van der Waals surface area contributed by atoms with Gasteiger partial charge >= 0.3 is 5.97 Å². The maximum absolute atomic E-state index is 12.3. The lowest BCUT2D eigenvalue weighted by molar-refractivity contribution is -0.144. The highest BCUT2D eigenvalue weighted by Crippen LogP contribution is 2.42. The quantitative estimate of drug-likeness (QED) is 0.927. The van der Waals surface area contributed by atoms with Crippen LogP contribution in [0.15, 0.2) is 24.3 Å². The van der Waals surface area contributed by atoms with E-state index >= 15 is 0 Å². The van der Waals surface area contributed by atoms with Gasteiger partial charge in [-0.15, -0.1) is 0 Å². The van der Waals surface area contributed by atoms with E-state index in [1.807, 2.05) is 24.3 Å². The fourth-order valence-electron chi connectivity index (χ4n) is 2.89. The molecule has 1 N–H and O–H groups in total. The van der Waals surface area contributed by atoms with Crippen molar-refractivity contribution in [2.45, 2.75) is 50.2 Å². The zero-order valence-corrected chi connectivity index (χ0v) is 13.5. The molecule has 0 fully saturated rings. The van der Waals surface area contributed by atoms with Crippen molar-refractivity contribution >= 4 is 15.8 Å². The van der Waals surface area contributed by atoms with E-state index in [-0.39, 0.29) is 12.2 Å². The summed E-state index contributed by atoms with van der Waals surface area (Å²) in [6.45, 7) is 4.95. The van der Waals surface area contributed by atoms with E-state index in [0.29, 0.717) is 12.8 Å². The van der Waals surface area contributed by atoms with Crippen molar-refractivity contribution in [3.63, 3.8) is 0 Å². The van der Waals surface area contributed by atoms with Gasteiger partial charge in [0, 0.05) is 0 Å². The summed E-state index contributed by atoms with van der Waals surface area (Å²) in [5.41, 5.74) is 0.740. The van der Waals surface area contributed by atoms with Crippen molar-refractivity contribution in [1.82, 2.24) is 0 Å². The van der Waals surface area contributed by atoms with Crippen LogP contribution < -0.4 is 0 Å². The van der Waals surface area contributed by atoms with Gasteiger partial charge in [0.25, 0.3) is 0 Å². The summed E-state index contributed by atoms with van der Waals surface area (Å²) in [5, 5.41) is 9.72. The zero-order valence-electron chi connectivity index (χ0n) is 12.7. The van der Waals surface area contributed by atoms with E-state index in [2.05, 4.69) is 0 Å². The lowest BCUT2D eigenvalue weighted by Gasteiger charge is -2.27. The molecule has 0 spiro atoms. The summed E-state index contributed by atoms with van der Waals surface area (Å²) in [6.07, 6.45) is 1.30. The third kappa shape index (κ3) is 2.71. The van der Waals surface area contributed by atoms with Gasteiger partial charge in [-0.25, -0.2) is 8.42 Å². The minimum absolute atomic E-state index is 0.100. The average molecular weight is 310 g/mol. The number of carbonyl (C=O) groups is 1. The predicted molar refractivity (Wildman–Crippen MR) is 82.2 cm³/mol. The molecule has 0 amide bonds. The Morgan fingerprint density at radius 1 is 1.29 bits per heavy atom. The van der Waals surface area contributed by atoms with Crippen molar-refractivity contribution in [3.05, 3.63) is 35.4 Å². The standard InChI is InChI=1S/C16H22O4S/c1-15(2,3)21(19,20)11-10-16(14(17)18)9-8-12-6-4-5-7-13(12)16/h4-7H,8-11H2,1-3H3,(H,17,18). The van der Waals surface area contributed by atoms with Crippen molar-refractivity contribution in [1.29, 1.82) is 0 Å². The first-order valence-electron chi connectivity index (χ1n) is 7.14. The van der Waals surface area contributed by atoms with Gasteiger partial charge in [-0.2, -0.15) is 0 Å². The molecule has 0 bridgehead atoms. The molecule has 2 rings (SSSR count). The van der Waals surface area contributed by atoms with E-state index in [1.165, 1.54) is 0 Å². The van der Waals surface area contributed by atoms with Crippen molar-refractivity contribution in [3.8, 4) is 0 Å². The van der Waals surface area contributed by atoms with Crippen LogP contribution in [0.3, 0.4) is 0 Å². The Balaban J connectivity index is 2.34. The molecule has 1 aromatic rings. The number of carboxylic acids is 1. The van der Waals surface area contributed by atoms with E-state index in [4.69, 9.17) is 0 Å². The number of benzene rings is 1. The highest BCUT2D eigenvalue weighted by atomic mass is 32.2. The summed E-state index contributed by atoms with van der Waals surface area (Å²) in [4.78, 5) is 11.9. The monoisotopic (exact) mass is 310 g/mol. The number of carboxylic acid groups (broad SMARTS) is 1. The second-order valence-corrected chi connectivity index (χ2v) is 9.59. The fourth-order valence-corrected chi connectivity index (χ4v) is 4.12. The molecule has 0 saturated carbocycles. The molecule has 21 heavy (non-hydrogen) atoms. The van der Waals surface area contributed by atoms with E-state index in [0.717, 1.165) is 11.1 Å². The van der Waals surface area contributed by atoms with Gasteiger partial charge in [0.2, 0.25) is 0 Å². The first-order chi connectivity index (χ1) is 9.60. The third-order valence-electron chi connectivity index (χ3n) is 4.49. The van der Waals surface area contributed by atoms with Gasteiger partial charge in [-0.05, 0) is 51.2 Å². The molecule has 1 aliphatic carbocycles. The highest BCUT2D eigenvalue weighted by molar-refractivity contribution is 7.92. The molecule has 1 unspecified atom stereocenters. The molecule has 0 heterocycles. The third-order valence-corrected chi connectivity index (χ3v) is 7.10. The Morgan fingerprint density at radius 2 is 1.90 bits per heavy atom. The molecule has 116 valence electrons. The first kappa shape index (κ1) is 16.0. The summed E-state index contributed by atoms with van der Waals surface area (Å²) >= 11 is 0. The van der Waals surface area contributed by atoms with Crippen LogP contribution in [0.25, 0.3) is 0 Å². The number of rotatable bonds is 4. The topological polar surface area (TPSA) is 71.4 Å². The van der Waals surface area contributed by atoms with E-state index in [1.54, 1.807) is 20.8 Å². The number of hydrogen-bond acceptors (Lipinski definition) is 3. The van der Waals surface area contributed by atoms with Gasteiger partial charge in [-0.3, -0.25) is 4.79 Å². The Bertz CT molecular complexity index is 655. The zero-order chi connectivity index (χ0) is 15.9. The minimum atomic E-state index is -3.32. The lowest BCUT2D eigenvalue weighted by Crippen LogP contribution is -2.38. The molecule has 4 nitrogen and oxygen atoms in total. The van der Waals surface area contributed by atoms with Crippen LogP contribution in [0.1, 0.15) is 44.7 Å². The predicted octanol–water partition coefficient (Wildman–Crippen LogP) is 2.56. The second kappa shape index (κ2) is 5.13. The molecule has 1 aromatic carbocycles. The van der Waals surface area contributed by atoms with Crippen LogP contribution in [-0.2, 0) is 26.5 Å². The molecule has 0 radical (unpaired) electrons. The normalized spacial score (nSPS) is 22.0. The molecule has 5 heteroatoms. The molecule has 0 aliphatic heterocycles. The maximum Gasteiger partial charge on any atom is 0.314 e. The Kier molecular flexibility index (Phi) is 3.91. The summed E-state index contributed by atoms with van der Waals surface area (Å²) in [6, 6.07) is 7.46. The van der Waals surface area contributed by atoms with E-state index in [9.17, 15) is 18.3 Å². The molecule has 0 saturated heterocycles. The second-order valence-electron chi connectivity index (χ2n) is 6.73. The fraction of sp³-hybridized carbons (Fsp3) is 0.562. The maximum atomic E-state index is 12.3. The lowest BCUT2D eigenvalue weighted by atomic mass is 9.79. The summed E-state index contributed by atoms with van der Waals surface area (Å²) < 4.78 is 23.7. The smallest absolute Gasteiger partial charge is 0.314 e. The van der Waals surface area contributed by atoms with Crippen LogP contribution in [-0.4, -0.2) is 30.0 Å². The number of hydrogen-bond donors (Lipinski definition) is 1. The highest BCUT2D eigenvalue weighted by Gasteiger charge is 2.46. The van der Waals surface area contributed by atoms with Crippen LogP contribution in [0.5, 0.6) is 0 Å². The Morgan fingerprint density at radius 3 is 2.48 bits per heavy atom. The SMILES string of the molecule is CC(C)(C)S(=O)(=O)CCC1(C(=O)O)CCc2ccccc21. The number of fused-ring (bicyclic) bond motifs is 1. The van der Waals surface area contributed by atoms with E-state index < -0.39 is 26.0 Å². The Labute approximate surface area is 126 Å². The molecular formula is C16H22O4S. The van der Waals surface area contributed by atoms with Gasteiger partial charge in [-0.1, -0.05) is 24.3 Å². The summed E-state index contributed by atoms with van der Waals surface area (Å²) in [5.74, 6) is -1.02. The van der Waals surface area contributed by atoms with Gasteiger partial charge < -0.3 is 5.11 Å². The van der Waals surface area contributed by atoms with Crippen LogP contribution in [0.4, 0.5) is 0 Å². The van der Waals surface area contributed by atoms with Gasteiger partial charge in [0.05, 0.1) is 15.9 Å². The number of aliphatic carboxylic acids is 1. The molecule has 0 aromatic heterocycles. The minimum Gasteiger partial charge on any atom is -0.481 e. The van der Waals surface area contributed by atoms with Crippen molar-refractivity contribution < 1.29 is 18.3 Å². The van der Waals surface area contributed by atoms with Crippen LogP contribution >= 0.6 is 0 Å². The average Bonchev–Trinajstić information content (AvgIpc) is 2.75.